The molecule has 110 valence electrons. The van der Waals surface area contributed by atoms with Gasteiger partial charge in [-0.1, -0.05) is 18.2 Å². The van der Waals surface area contributed by atoms with E-state index in [1.54, 1.807) is 7.11 Å². The number of methoxy groups -OCH3 is 1. The molecule has 0 radical (unpaired) electrons. The highest BCUT2D eigenvalue weighted by Gasteiger charge is 2.18. The summed E-state index contributed by atoms with van der Waals surface area (Å²) < 4.78 is 5.40. The van der Waals surface area contributed by atoms with Crippen molar-refractivity contribution in [1.82, 2.24) is 0 Å². The maximum absolute atomic E-state index is 12.8. The predicted octanol–water partition coefficient (Wildman–Crippen LogP) is 3.61. The van der Waals surface area contributed by atoms with Gasteiger partial charge in [-0.25, -0.2) is 0 Å². The molecule has 0 aliphatic carbocycles. The summed E-state index contributed by atoms with van der Waals surface area (Å²) in [7, 11) is 5.52. The van der Waals surface area contributed by atoms with Crippen LogP contribution < -0.4 is 9.64 Å². The summed E-state index contributed by atoms with van der Waals surface area (Å²) in [5, 5.41) is 0. The third kappa shape index (κ3) is 3.07. The lowest BCUT2D eigenvalue weighted by atomic mass is 9.96. The Labute approximate surface area is 126 Å². The molecule has 0 heterocycles. The number of ketones is 1. The van der Waals surface area contributed by atoms with E-state index in [0.29, 0.717) is 16.9 Å². The average Bonchev–Trinajstić information content (AvgIpc) is 2.45. The van der Waals surface area contributed by atoms with Crippen molar-refractivity contribution in [3.8, 4) is 5.75 Å². The van der Waals surface area contributed by atoms with Gasteiger partial charge in [0, 0.05) is 25.3 Å². The van der Waals surface area contributed by atoms with E-state index in [1.807, 2.05) is 69.2 Å². The lowest BCUT2D eigenvalue weighted by Crippen LogP contribution is -2.11. The molecular formula is C18H21NO2. The van der Waals surface area contributed by atoms with Gasteiger partial charge < -0.3 is 9.64 Å². The van der Waals surface area contributed by atoms with Crippen LogP contribution in [0.15, 0.2) is 36.4 Å². The Hall–Kier alpha value is -2.29. The van der Waals surface area contributed by atoms with Crippen LogP contribution in [-0.4, -0.2) is 27.0 Å². The number of anilines is 1. The first-order chi connectivity index (χ1) is 9.93. The second kappa shape index (κ2) is 6.00. The number of aryl methyl sites for hydroxylation is 2. The van der Waals surface area contributed by atoms with E-state index in [9.17, 15) is 4.79 Å². The maximum Gasteiger partial charge on any atom is 0.197 e. The first kappa shape index (κ1) is 15.1. The molecule has 0 N–H and O–H groups in total. The minimum atomic E-state index is -0.00644. The molecule has 2 rings (SSSR count). The molecule has 0 fully saturated rings. The van der Waals surface area contributed by atoms with E-state index >= 15 is 0 Å². The second-order valence-electron chi connectivity index (χ2n) is 5.43. The van der Waals surface area contributed by atoms with Crippen LogP contribution in [0.4, 0.5) is 5.69 Å². The average molecular weight is 283 g/mol. The van der Waals surface area contributed by atoms with Crippen molar-refractivity contribution in [2.45, 2.75) is 13.8 Å². The normalized spacial score (nSPS) is 10.3. The molecule has 0 saturated heterocycles. The summed E-state index contributed by atoms with van der Waals surface area (Å²) in [6, 6.07) is 11.5. The van der Waals surface area contributed by atoms with Gasteiger partial charge in [0.1, 0.15) is 5.75 Å². The van der Waals surface area contributed by atoms with Crippen molar-refractivity contribution in [3.63, 3.8) is 0 Å². The largest absolute Gasteiger partial charge is 0.496 e. The van der Waals surface area contributed by atoms with Gasteiger partial charge in [-0.2, -0.15) is 0 Å². The fourth-order valence-electron chi connectivity index (χ4n) is 2.45. The number of benzene rings is 2. The zero-order valence-corrected chi connectivity index (χ0v) is 13.2. The van der Waals surface area contributed by atoms with Crippen molar-refractivity contribution in [1.29, 1.82) is 0 Å². The van der Waals surface area contributed by atoms with Crippen molar-refractivity contribution in [2.75, 3.05) is 26.1 Å². The van der Waals surface area contributed by atoms with E-state index in [-0.39, 0.29) is 5.78 Å². The van der Waals surface area contributed by atoms with Crippen LogP contribution in [0.5, 0.6) is 5.75 Å². The third-order valence-electron chi connectivity index (χ3n) is 3.52. The second-order valence-corrected chi connectivity index (χ2v) is 5.43. The summed E-state index contributed by atoms with van der Waals surface area (Å²) in [4.78, 5) is 14.8. The Morgan fingerprint density at radius 3 is 2.43 bits per heavy atom. The van der Waals surface area contributed by atoms with Gasteiger partial charge in [-0.3, -0.25) is 4.79 Å². The molecule has 21 heavy (non-hydrogen) atoms. The molecule has 2 aromatic rings. The summed E-state index contributed by atoms with van der Waals surface area (Å²) in [5.41, 5.74) is 4.34. The van der Waals surface area contributed by atoms with Gasteiger partial charge in [-0.05, 0) is 43.2 Å². The number of carbonyl (C=O) groups is 1. The number of hydrogen-bond donors (Lipinski definition) is 0. The number of hydrogen-bond acceptors (Lipinski definition) is 3. The van der Waals surface area contributed by atoms with E-state index in [0.717, 1.165) is 16.8 Å². The van der Waals surface area contributed by atoms with Gasteiger partial charge in [0.05, 0.1) is 12.7 Å². The first-order valence-electron chi connectivity index (χ1n) is 6.91. The van der Waals surface area contributed by atoms with Crippen LogP contribution in [-0.2, 0) is 0 Å². The maximum atomic E-state index is 12.8. The van der Waals surface area contributed by atoms with Gasteiger partial charge in [-0.15, -0.1) is 0 Å². The molecule has 0 aliphatic heterocycles. The van der Waals surface area contributed by atoms with Crippen LogP contribution in [0, 0.1) is 13.8 Å². The van der Waals surface area contributed by atoms with Gasteiger partial charge in [0.15, 0.2) is 5.78 Å². The summed E-state index contributed by atoms with van der Waals surface area (Å²) in [6.45, 7) is 3.94. The van der Waals surface area contributed by atoms with Gasteiger partial charge in [0.2, 0.25) is 0 Å². The summed E-state index contributed by atoms with van der Waals surface area (Å²) in [5.74, 6) is 0.626. The molecule has 0 amide bonds. The number of nitrogens with zero attached hydrogens (tertiary/aromatic N) is 1. The first-order valence-corrected chi connectivity index (χ1v) is 6.91. The lowest BCUT2D eigenvalue weighted by molar-refractivity contribution is 0.103. The highest BCUT2D eigenvalue weighted by molar-refractivity contribution is 6.12. The number of rotatable bonds is 4. The van der Waals surface area contributed by atoms with Crippen LogP contribution in [0.2, 0.25) is 0 Å². The number of ether oxygens (including phenoxy) is 1. The molecule has 0 spiro atoms. The monoisotopic (exact) mass is 283 g/mol. The third-order valence-corrected chi connectivity index (χ3v) is 3.52. The molecular weight excluding hydrogens is 262 g/mol. The molecule has 3 heteroatoms. The molecule has 3 nitrogen and oxygen atoms in total. The molecule has 0 aliphatic rings. The molecule has 0 unspecified atom stereocenters. The summed E-state index contributed by atoms with van der Waals surface area (Å²) >= 11 is 0. The zero-order chi connectivity index (χ0) is 15.6. The fraction of sp³-hybridized carbons (Fsp3) is 0.278. The molecule has 0 bridgehead atoms. The minimum Gasteiger partial charge on any atom is -0.496 e. The van der Waals surface area contributed by atoms with Crippen LogP contribution in [0.25, 0.3) is 0 Å². The Balaban J connectivity index is 2.52. The van der Waals surface area contributed by atoms with Gasteiger partial charge >= 0.3 is 0 Å². The number of carbonyl (C=O) groups excluding carboxylic acids is 1. The molecule has 0 atom stereocenters. The topological polar surface area (TPSA) is 29.5 Å². The molecule has 0 saturated carbocycles. The van der Waals surface area contributed by atoms with Crippen molar-refractivity contribution < 1.29 is 9.53 Å². The van der Waals surface area contributed by atoms with Gasteiger partial charge in [0.25, 0.3) is 0 Å². The predicted molar refractivity (Wildman–Crippen MR) is 86.7 cm³/mol. The Bertz CT molecular complexity index is 675. The Morgan fingerprint density at radius 1 is 1.10 bits per heavy atom. The standard InChI is InChI=1S/C18H21NO2/c1-12-9-13(2)17(16(10-12)21-5)18(20)14-7-6-8-15(11-14)19(3)4/h6-11H,1-5H3. The van der Waals surface area contributed by atoms with Crippen LogP contribution in [0.1, 0.15) is 27.0 Å². The highest BCUT2D eigenvalue weighted by atomic mass is 16.5. The highest BCUT2D eigenvalue weighted by Crippen LogP contribution is 2.27. The van der Waals surface area contributed by atoms with Crippen molar-refractivity contribution in [2.24, 2.45) is 0 Å². The molecule has 2 aromatic carbocycles. The van der Waals surface area contributed by atoms with E-state index in [4.69, 9.17) is 4.74 Å². The van der Waals surface area contributed by atoms with E-state index in [2.05, 4.69) is 0 Å². The Morgan fingerprint density at radius 2 is 1.81 bits per heavy atom. The zero-order valence-electron chi connectivity index (χ0n) is 13.2. The fourth-order valence-corrected chi connectivity index (χ4v) is 2.45. The SMILES string of the molecule is COc1cc(C)cc(C)c1C(=O)c1cccc(N(C)C)c1. The lowest BCUT2D eigenvalue weighted by Gasteiger charge is -2.15. The quantitative estimate of drug-likeness (QED) is 0.803. The van der Waals surface area contributed by atoms with Crippen LogP contribution in [0.3, 0.4) is 0 Å². The molecule has 0 aromatic heterocycles. The summed E-state index contributed by atoms with van der Waals surface area (Å²) in [6.07, 6.45) is 0. The van der Waals surface area contributed by atoms with E-state index in [1.165, 1.54) is 0 Å². The van der Waals surface area contributed by atoms with E-state index < -0.39 is 0 Å². The minimum absolute atomic E-state index is 0.00644. The Kier molecular flexibility index (Phi) is 4.32. The van der Waals surface area contributed by atoms with Crippen molar-refractivity contribution >= 4 is 11.5 Å². The van der Waals surface area contributed by atoms with Crippen molar-refractivity contribution in [3.05, 3.63) is 58.7 Å². The smallest absolute Gasteiger partial charge is 0.197 e. The van der Waals surface area contributed by atoms with Crippen LogP contribution >= 0.6 is 0 Å².